The number of likely N-dealkylation sites (N-methyl/N-ethyl adjacent to an activating group) is 1. The number of amides is 1. The second-order valence-corrected chi connectivity index (χ2v) is 4.73. The van der Waals surface area contributed by atoms with Crippen LogP contribution >= 0.6 is 0 Å². The zero-order valence-corrected chi connectivity index (χ0v) is 11.7. The molecule has 1 aliphatic rings. The van der Waals surface area contributed by atoms with E-state index in [1.54, 1.807) is 24.1 Å². The molecule has 0 aliphatic carbocycles. The smallest absolute Gasteiger partial charge is 0.253 e. The first kappa shape index (κ1) is 14.7. The molecule has 1 atom stereocenters. The van der Waals surface area contributed by atoms with Gasteiger partial charge in [-0.15, -0.1) is 0 Å². The number of rotatable bonds is 4. The summed E-state index contributed by atoms with van der Waals surface area (Å²) in [6, 6.07) is 4.68. The fourth-order valence-electron chi connectivity index (χ4n) is 2.13. The van der Waals surface area contributed by atoms with E-state index in [9.17, 15) is 9.18 Å². The third-order valence-electron chi connectivity index (χ3n) is 3.22. The largest absolute Gasteiger partial charge is 0.494 e. The Hall–Kier alpha value is -1.66. The maximum absolute atomic E-state index is 13.6. The van der Waals surface area contributed by atoms with Crippen LogP contribution in [0.3, 0.4) is 0 Å². The fraction of sp³-hybridized carbons (Fsp3) is 0.500. The van der Waals surface area contributed by atoms with Gasteiger partial charge in [-0.1, -0.05) is 6.07 Å². The first-order valence-corrected chi connectivity index (χ1v) is 6.51. The molecule has 2 rings (SSSR count). The summed E-state index contributed by atoms with van der Waals surface area (Å²) in [5.41, 5.74) is 0.711. The molecule has 110 valence electrons. The number of carbonyl (C=O) groups is 1. The van der Waals surface area contributed by atoms with E-state index in [-0.39, 0.29) is 11.7 Å². The van der Waals surface area contributed by atoms with Crippen molar-refractivity contribution in [1.82, 2.24) is 10.2 Å². The molecule has 0 bridgehead atoms. The molecule has 1 heterocycles. The summed E-state index contributed by atoms with van der Waals surface area (Å²) >= 11 is 0. The highest BCUT2D eigenvalue weighted by molar-refractivity contribution is 5.81. The van der Waals surface area contributed by atoms with Crippen LogP contribution in [0.25, 0.3) is 0 Å². The van der Waals surface area contributed by atoms with E-state index in [1.165, 1.54) is 13.2 Å². The second kappa shape index (κ2) is 6.67. The van der Waals surface area contributed by atoms with E-state index in [4.69, 9.17) is 9.47 Å². The zero-order chi connectivity index (χ0) is 14.5. The lowest BCUT2D eigenvalue weighted by molar-refractivity contribution is -0.144. The molecule has 1 N–H and O–H groups in total. The number of halogens is 1. The predicted molar refractivity (Wildman–Crippen MR) is 72.0 cm³/mol. The van der Waals surface area contributed by atoms with Gasteiger partial charge in [-0.2, -0.15) is 0 Å². The van der Waals surface area contributed by atoms with Crippen molar-refractivity contribution >= 4 is 5.91 Å². The molecule has 1 fully saturated rings. The maximum atomic E-state index is 13.6. The van der Waals surface area contributed by atoms with Crippen LogP contribution in [0.4, 0.5) is 4.39 Å². The van der Waals surface area contributed by atoms with Gasteiger partial charge in [-0.25, -0.2) is 4.39 Å². The van der Waals surface area contributed by atoms with Crippen molar-refractivity contribution in [1.29, 1.82) is 0 Å². The average Bonchev–Trinajstić information content (AvgIpc) is 2.47. The number of carbonyl (C=O) groups excluding carboxylic acids is 1. The van der Waals surface area contributed by atoms with Crippen LogP contribution in [0.2, 0.25) is 0 Å². The van der Waals surface area contributed by atoms with Crippen LogP contribution < -0.4 is 10.1 Å². The molecule has 1 aliphatic heterocycles. The molecule has 20 heavy (non-hydrogen) atoms. The van der Waals surface area contributed by atoms with E-state index in [0.717, 1.165) is 6.54 Å². The first-order valence-electron chi connectivity index (χ1n) is 6.51. The van der Waals surface area contributed by atoms with Crippen molar-refractivity contribution in [2.75, 3.05) is 33.9 Å². The summed E-state index contributed by atoms with van der Waals surface area (Å²) < 4.78 is 23.9. The van der Waals surface area contributed by atoms with Crippen molar-refractivity contribution < 1.29 is 18.7 Å². The number of morpholine rings is 1. The normalized spacial score (nSPS) is 18.6. The summed E-state index contributed by atoms with van der Waals surface area (Å²) in [7, 11) is 3.10. The van der Waals surface area contributed by atoms with E-state index in [0.29, 0.717) is 25.3 Å². The average molecular weight is 282 g/mol. The number of hydrogen-bond donors (Lipinski definition) is 1. The van der Waals surface area contributed by atoms with Crippen LogP contribution in [0.1, 0.15) is 5.56 Å². The second-order valence-electron chi connectivity index (χ2n) is 4.73. The topological polar surface area (TPSA) is 50.8 Å². The monoisotopic (exact) mass is 282 g/mol. The Balaban J connectivity index is 1.98. The highest BCUT2D eigenvalue weighted by atomic mass is 19.1. The Morgan fingerprint density at radius 2 is 2.40 bits per heavy atom. The predicted octanol–water partition coefficient (Wildman–Crippen LogP) is 0.781. The summed E-state index contributed by atoms with van der Waals surface area (Å²) in [5.74, 6) is -0.336. The van der Waals surface area contributed by atoms with Gasteiger partial charge in [0, 0.05) is 26.7 Å². The lowest BCUT2D eigenvalue weighted by Gasteiger charge is -2.27. The van der Waals surface area contributed by atoms with Crippen molar-refractivity contribution in [3.8, 4) is 5.75 Å². The van der Waals surface area contributed by atoms with Crippen molar-refractivity contribution in [2.24, 2.45) is 0 Å². The Kier molecular flexibility index (Phi) is 4.92. The Bertz CT molecular complexity index is 475. The number of nitrogens with zero attached hydrogens (tertiary/aromatic N) is 1. The molecule has 5 nitrogen and oxygen atoms in total. The van der Waals surface area contributed by atoms with Crippen molar-refractivity contribution in [2.45, 2.75) is 12.6 Å². The lowest BCUT2D eigenvalue weighted by atomic mass is 10.2. The van der Waals surface area contributed by atoms with E-state index in [2.05, 4.69) is 5.32 Å². The molecule has 0 aromatic heterocycles. The Labute approximate surface area is 117 Å². The molecule has 1 amide bonds. The molecule has 0 radical (unpaired) electrons. The van der Waals surface area contributed by atoms with E-state index >= 15 is 0 Å². The van der Waals surface area contributed by atoms with Gasteiger partial charge < -0.3 is 19.7 Å². The van der Waals surface area contributed by atoms with E-state index in [1.807, 2.05) is 0 Å². The van der Waals surface area contributed by atoms with Gasteiger partial charge in [0.05, 0.1) is 13.7 Å². The molecular formula is C14H19FN2O3. The van der Waals surface area contributed by atoms with Gasteiger partial charge in [0.1, 0.15) is 6.10 Å². The van der Waals surface area contributed by atoms with Crippen LogP contribution in [0.15, 0.2) is 18.2 Å². The first-order chi connectivity index (χ1) is 9.61. The summed E-state index contributed by atoms with van der Waals surface area (Å²) in [6.07, 6.45) is -0.461. The van der Waals surface area contributed by atoms with Crippen molar-refractivity contribution in [3.63, 3.8) is 0 Å². The van der Waals surface area contributed by atoms with Crippen molar-refractivity contribution in [3.05, 3.63) is 29.6 Å². The number of hydrogen-bond acceptors (Lipinski definition) is 4. The van der Waals surface area contributed by atoms with Crippen LogP contribution in [-0.4, -0.2) is 50.8 Å². The quantitative estimate of drug-likeness (QED) is 0.887. The number of ether oxygens (including phenoxy) is 2. The van der Waals surface area contributed by atoms with Crippen LogP contribution in [0.5, 0.6) is 5.75 Å². The molecule has 0 spiro atoms. The summed E-state index contributed by atoms with van der Waals surface area (Å²) in [5, 5.41) is 3.11. The van der Waals surface area contributed by atoms with Gasteiger partial charge in [0.2, 0.25) is 0 Å². The molecule has 1 saturated heterocycles. The number of nitrogens with one attached hydrogen (secondary N) is 1. The third-order valence-corrected chi connectivity index (χ3v) is 3.22. The highest BCUT2D eigenvalue weighted by Gasteiger charge is 2.24. The summed E-state index contributed by atoms with van der Waals surface area (Å²) in [4.78, 5) is 13.7. The molecule has 0 unspecified atom stereocenters. The molecule has 1 aromatic rings. The minimum atomic E-state index is -0.461. The highest BCUT2D eigenvalue weighted by Crippen LogP contribution is 2.18. The standard InChI is InChI=1S/C14H19FN2O3/c1-17(14(18)13-8-16-5-6-20-13)9-10-3-4-12(19-2)11(15)7-10/h3-4,7,13,16H,5-6,8-9H2,1-2H3/t13-/m1/s1. The van der Waals surface area contributed by atoms with Gasteiger partial charge in [-0.3, -0.25) is 4.79 Å². The van der Waals surface area contributed by atoms with E-state index < -0.39 is 11.9 Å². The molecular weight excluding hydrogens is 263 g/mol. The maximum Gasteiger partial charge on any atom is 0.253 e. The SMILES string of the molecule is COc1ccc(CN(C)C(=O)[C@H]2CNCCO2)cc1F. The zero-order valence-electron chi connectivity index (χ0n) is 11.7. The van der Waals surface area contributed by atoms with Crippen LogP contribution in [0, 0.1) is 5.82 Å². The van der Waals surface area contributed by atoms with Gasteiger partial charge in [0.25, 0.3) is 5.91 Å². The van der Waals surface area contributed by atoms with Gasteiger partial charge >= 0.3 is 0 Å². The number of methoxy groups -OCH3 is 1. The minimum Gasteiger partial charge on any atom is -0.494 e. The van der Waals surface area contributed by atoms with Gasteiger partial charge in [-0.05, 0) is 17.7 Å². The third kappa shape index (κ3) is 3.46. The molecule has 0 saturated carbocycles. The van der Waals surface area contributed by atoms with Gasteiger partial charge in [0.15, 0.2) is 11.6 Å². The molecule has 6 heteroatoms. The Morgan fingerprint density at radius 3 is 3.00 bits per heavy atom. The summed E-state index contributed by atoms with van der Waals surface area (Å²) in [6.45, 7) is 2.14. The fourth-order valence-corrected chi connectivity index (χ4v) is 2.13. The number of benzene rings is 1. The minimum absolute atomic E-state index is 0.103. The molecule has 1 aromatic carbocycles. The van der Waals surface area contributed by atoms with Crippen LogP contribution in [-0.2, 0) is 16.1 Å². The Morgan fingerprint density at radius 1 is 1.60 bits per heavy atom. The lowest BCUT2D eigenvalue weighted by Crippen LogP contribution is -2.48.